The van der Waals surface area contributed by atoms with Crippen molar-refractivity contribution in [3.63, 3.8) is 0 Å². The van der Waals surface area contributed by atoms with Crippen LogP contribution in [0.2, 0.25) is 0 Å². The molecule has 0 fully saturated rings. The highest BCUT2D eigenvalue weighted by atomic mass is 32.1. The maximum absolute atomic E-state index is 11.8. The van der Waals surface area contributed by atoms with Gasteiger partial charge in [0.25, 0.3) is 0 Å². The van der Waals surface area contributed by atoms with Crippen LogP contribution in [0.15, 0.2) is 41.8 Å². The molecule has 4 heteroatoms. The molecule has 2 rings (SSSR count). The molecule has 0 saturated carbocycles. The summed E-state index contributed by atoms with van der Waals surface area (Å²) in [4.78, 5) is 13.0. The first-order chi connectivity index (χ1) is 9.02. The molecule has 100 valence electrons. The average Bonchev–Trinajstić information content (AvgIpc) is 2.89. The molecule has 3 N–H and O–H groups in total. The van der Waals surface area contributed by atoms with Gasteiger partial charge in [0, 0.05) is 11.4 Å². The van der Waals surface area contributed by atoms with Crippen LogP contribution in [0.25, 0.3) is 0 Å². The van der Waals surface area contributed by atoms with Crippen LogP contribution in [-0.2, 0) is 16.9 Å². The minimum Gasteiger partial charge on any atom is -0.368 e. The Hall–Kier alpha value is -1.65. The van der Waals surface area contributed by atoms with Crippen LogP contribution in [0.4, 0.5) is 0 Å². The summed E-state index contributed by atoms with van der Waals surface area (Å²) in [6.07, 6.45) is 0. The van der Waals surface area contributed by atoms with Gasteiger partial charge in [0.2, 0.25) is 5.91 Å². The van der Waals surface area contributed by atoms with Crippen LogP contribution < -0.4 is 11.1 Å². The standard InChI is InChI=1S/C15H18N2OS/c1-11-5-7-12(8-6-11)15(2,14(16)18)17-10-13-4-3-9-19-13/h3-9,17H,10H2,1-2H3,(H2,16,18). The molecule has 0 aliphatic heterocycles. The van der Waals surface area contributed by atoms with Crippen molar-refractivity contribution in [2.45, 2.75) is 25.9 Å². The van der Waals surface area contributed by atoms with Crippen molar-refractivity contribution >= 4 is 17.2 Å². The first kappa shape index (κ1) is 13.8. The zero-order valence-corrected chi connectivity index (χ0v) is 12.0. The fourth-order valence-electron chi connectivity index (χ4n) is 1.90. The Morgan fingerprint density at radius 2 is 2.00 bits per heavy atom. The lowest BCUT2D eigenvalue weighted by molar-refractivity contribution is -0.124. The first-order valence-electron chi connectivity index (χ1n) is 6.17. The molecule has 1 aromatic heterocycles. The molecule has 19 heavy (non-hydrogen) atoms. The Morgan fingerprint density at radius 3 is 2.53 bits per heavy atom. The van der Waals surface area contributed by atoms with Gasteiger partial charge in [-0.05, 0) is 30.9 Å². The number of aryl methyl sites for hydroxylation is 1. The smallest absolute Gasteiger partial charge is 0.242 e. The van der Waals surface area contributed by atoms with Gasteiger partial charge in [-0.15, -0.1) is 11.3 Å². The lowest BCUT2D eigenvalue weighted by atomic mass is 9.90. The van der Waals surface area contributed by atoms with Gasteiger partial charge in [0.1, 0.15) is 5.54 Å². The van der Waals surface area contributed by atoms with Crippen molar-refractivity contribution in [1.29, 1.82) is 0 Å². The molecular weight excluding hydrogens is 256 g/mol. The number of nitrogens with one attached hydrogen (secondary N) is 1. The van der Waals surface area contributed by atoms with E-state index < -0.39 is 5.54 Å². The van der Waals surface area contributed by atoms with Crippen molar-refractivity contribution in [3.05, 3.63) is 57.8 Å². The number of hydrogen-bond acceptors (Lipinski definition) is 3. The zero-order chi connectivity index (χ0) is 13.9. The van der Waals surface area contributed by atoms with E-state index in [2.05, 4.69) is 5.32 Å². The highest BCUT2D eigenvalue weighted by Crippen LogP contribution is 2.22. The van der Waals surface area contributed by atoms with E-state index in [1.165, 1.54) is 4.88 Å². The van der Waals surface area contributed by atoms with Crippen LogP contribution in [-0.4, -0.2) is 5.91 Å². The molecular formula is C15H18N2OS. The van der Waals surface area contributed by atoms with E-state index in [0.29, 0.717) is 6.54 Å². The largest absolute Gasteiger partial charge is 0.368 e. The molecule has 0 saturated heterocycles. The number of nitrogens with two attached hydrogens (primary N) is 1. The second-order valence-electron chi connectivity index (χ2n) is 4.79. The molecule has 1 atom stereocenters. The first-order valence-corrected chi connectivity index (χ1v) is 7.05. The molecule has 3 nitrogen and oxygen atoms in total. The summed E-state index contributed by atoms with van der Waals surface area (Å²) in [5.74, 6) is -0.368. The minimum absolute atomic E-state index is 0.368. The van der Waals surface area contributed by atoms with E-state index >= 15 is 0 Å². The zero-order valence-electron chi connectivity index (χ0n) is 11.1. The lowest BCUT2D eigenvalue weighted by Crippen LogP contribution is -2.49. The number of carbonyl (C=O) groups is 1. The third kappa shape index (κ3) is 3.03. The van der Waals surface area contributed by atoms with Crippen LogP contribution >= 0.6 is 11.3 Å². The topological polar surface area (TPSA) is 55.1 Å². The summed E-state index contributed by atoms with van der Waals surface area (Å²) in [7, 11) is 0. The van der Waals surface area contributed by atoms with Crippen LogP contribution in [0.3, 0.4) is 0 Å². The second-order valence-corrected chi connectivity index (χ2v) is 5.82. The van der Waals surface area contributed by atoms with Gasteiger partial charge in [-0.25, -0.2) is 0 Å². The fraction of sp³-hybridized carbons (Fsp3) is 0.267. The maximum atomic E-state index is 11.8. The Bertz CT molecular complexity index is 548. The number of benzene rings is 1. The molecule has 1 unspecified atom stereocenters. The van der Waals surface area contributed by atoms with E-state index in [9.17, 15) is 4.79 Å². The highest BCUT2D eigenvalue weighted by Gasteiger charge is 2.32. The van der Waals surface area contributed by atoms with Crippen molar-refractivity contribution in [3.8, 4) is 0 Å². The summed E-state index contributed by atoms with van der Waals surface area (Å²) >= 11 is 1.66. The van der Waals surface area contributed by atoms with Crippen molar-refractivity contribution in [1.82, 2.24) is 5.32 Å². The van der Waals surface area contributed by atoms with E-state index in [0.717, 1.165) is 11.1 Å². The number of hydrogen-bond donors (Lipinski definition) is 2. The molecule has 0 radical (unpaired) electrons. The van der Waals surface area contributed by atoms with E-state index in [4.69, 9.17) is 5.73 Å². The molecule has 0 bridgehead atoms. The third-order valence-electron chi connectivity index (χ3n) is 3.32. The summed E-state index contributed by atoms with van der Waals surface area (Å²) < 4.78 is 0. The van der Waals surface area contributed by atoms with Gasteiger partial charge in [0.15, 0.2) is 0 Å². The fourth-order valence-corrected chi connectivity index (χ4v) is 2.54. The van der Waals surface area contributed by atoms with E-state index in [-0.39, 0.29) is 5.91 Å². The van der Waals surface area contributed by atoms with E-state index in [1.54, 1.807) is 11.3 Å². The Balaban J connectivity index is 2.22. The SMILES string of the molecule is Cc1ccc(C(C)(NCc2cccs2)C(N)=O)cc1. The molecule has 1 heterocycles. The Kier molecular flexibility index (Phi) is 4.02. The van der Waals surface area contributed by atoms with Crippen molar-refractivity contribution in [2.75, 3.05) is 0 Å². The van der Waals surface area contributed by atoms with Crippen molar-refractivity contribution in [2.24, 2.45) is 5.73 Å². The maximum Gasteiger partial charge on any atom is 0.242 e. The molecule has 2 aromatic rings. The average molecular weight is 274 g/mol. The minimum atomic E-state index is -0.850. The summed E-state index contributed by atoms with van der Waals surface area (Å²) in [5, 5.41) is 5.29. The van der Waals surface area contributed by atoms with Crippen LogP contribution in [0.5, 0.6) is 0 Å². The number of amides is 1. The molecule has 0 aliphatic carbocycles. The van der Waals surface area contributed by atoms with Gasteiger partial charge in [-0.3, -0.25) is 10.1 Å². The summed E-state index contributed by atoms with van der Waals surface area (Å²) in [6.45, 7) is 4.48. The van der Waals surface area contributed by atoms with Crippen LogP contribution in [0.1, 0.15) is 22.9 Å². The molecule has 0 aliphatic rings. The highest BCUT2D eigenvalue weighted by molar-refractivity contribution is 7.09. The summed E-state index contributed by atoms with van der Waals surface area (Å²) in [6, 6.07) is 11.9. The number of thiophene rings is 1. The number of primary amides is 1. The quantitative estimate of drug-likeness (QED) is 0.880. The van der Waals surface area contributed by atoms with Gasteiger partial charge >= 0.3 is 0 Å². The van der Waals surface area contributed by atoms with E-state index in [1.807, 2.05) is 55.6 Å². The lowest BCUT2D eigenvalue weighted by Gasteiger charge is -2.28. The molecule has 1 aromatic carbocycles. The van der Waals surface area contributed by atoms with Gasteiger partial charge in [0.05, 0.1) is 0 Å². The third-order valence-corrected chi connectivity index (χ3v) is 4.19. The normalized spacial score (nSPS) is 14.0. The monoisotopic (exact) mass is 274 g/mol. The predicted octanol–water partition coefficient (Wildman–Crippen LogP) is 2.55. The Morgan fingerprint density at radius 1 is 1.32 bits per heavy atom. The van der Waals surface area contributed by atoms with Gasteiger partial charge in [-0.1, -0.05) is 35.9 Å². The molecule has 1 amide bonds. The van der Waals surface area contributed by atoms with Crippen LogP contribution in [0, 0.1) is 6.92 Å². The predicted molar refractivity (Wildman–Crippen MR) is 78.9 cm³/mol. The molecule has 0 spiro atoms. The van der Waals surface area contributed by atoms with Gasteiger partial charge in [-0.2, -0.15) is 0 Å². The summed E-state index contributed by atoms with van der Waals surface area (Å²) in [5.41, 5.74) is 6.78. The van der Waals surface area contributed by atoms with Gasteiger partial charge < -0.3 is 5.73 Å². The Labute approximate surface area is 117 Å². The number of carbonyl (C=O) groups excluding carboxylic acids is 1. The number of rotatable bonds is 5. The second kappa shape index (κ2) is 5.55. The van der Waals surface area contributed by atoms with Crippen molar-refractivity contribution < 1.29 is 4.79 Å².